The maximum absolute atomic E-state index is 8.73. The Morgan fingerprint density at radius 1 is 1.44 bits per heavy atom. The number of nitrogens with one attached hydrogen (secondary N) is 2. The molecule has 1 fully saturated rings. The van der Waals surface area contributed by atoms with E-state index in [0.717, 1.165) is 32.4 Å². The molecule has 1 unspecified atom stereocenters. The van der Waals surface area contributed by atoms with Crippen molar-refractivity contribution in [3.05, 3.63) is 18.0 Å². The average Bonchev–Trinajstić information content (AvgIpc) is 2.58. The van der Waals surface area contributed by atoms with Crippen molar-refractivity contribution in [1.29, 1.82) is 5.26 Å². The summed E-state index contributed by atoms with van der Waals surface area (Å²) in [4.78, 5) is 8.23. The largest absolute Gasteiger partial charge is 0.351 e. The lowest BCUT2D eigenvalue weighted by Crippen LogP contribution is -2.22. The van der Waals surface area contributed by atoms with E-state index in [1.165, 1.54) is 0 Å². The normalized spacial score (nSPS) is 20.8. The number of nitriles is 1. The average molecular weight is 217 g/mol. The third kappa shape index (κ3) is 2.91. The molecule has 1 aliphatic heterocycles. The van der Waals surface area contributed by atoms with Gasteiger partial charge in [0.1, 0.15) is 11.8 Å². The van der Waals surface area contributed by atoms with Crippen LogP contribution in [0.25, 0.3) is 0 Å². The number of hydrogen-bond donors (Lipinski definition) is 2. The summed E-state index contributed by atoms with van der Waals surface area (Å²) in [6.07, 6.45) is 4.96. The molecule has 1 saturated heterocycles. The van der Waals surface area contributed by atoms with E-state index in [0.29, 0.717) is 17.7 Å². The highest BCUT2D eigenvalue weighted by molar-refractivity contribution is 5.31. The van der Waals surface area contributed by atoms with Gasteiger partial charge >= 0.3 is 0 Å². The van der Waals surface area contributed by atoms with Crippen molar-refractivity contribution in [3.8, 4) is 6.07 Å². The molecule has 0 aliphatic carbocycles. The van der Waals surface area contributed by atoms with Crippen LogP contribution in [0.3, 0.4) is 0 Å². The molecule has 1 aliphatic rings. The molecule has 16 heavy (non-hydrogen) atoms. The van der Waals surface area contributed by atoms with Crippen molar-refractivity contribution in [3.63, 3.8) is 0 Å². The molecule has 5 heteroatoms. The van der Waals surface area contributed by atoms with Gasteiger partial charge in [-0.15, -0.1) is 0 Å². The fraction of sp³-hybridized carbons (Fsp3) is 0.545. The van der Waals surface area contributed by atoms with Gasteiger partial charge in [0.2, 0.25) is 5.95 Å². The van der Waals surface area contributed by atoms with Gasteiger partial charge < -0.3 is 10.6 Å². The van der Waals surface area contributed by atoms with Gasteiger partial charge in [-0.3, -0.25) is 0 Å². The lowest BCUT2D eigenvalue weighted by molar-refractivity contribution is 0.631. The number of hydrogen-bond acceptors (Lipinski definition) is 5. The maximum atomic E-state index is 8.73. The second-order valence-corrected chi connectivity index (χ2v) is 3.90. The first-order valence-corrected chi connectivity index (χ1v) is 5.59. The molecule has 0 radical (unpaired) electrons. The summed E-state index contributed by atoms with van der Waals surface area (Å²) >= 11 is 0. The molecule has 1 aromatic heterocycles. The standard InChI is InChI=1S/C11H15N5/c12-8-10-4-7-14-11(16-10)15-9-2-1-5-13-6-3-9/h4,7,9,13H,1-3,5-6H2,(H,14,15,16). The Morgan fingerprint density at radius 3 is 3.25 bits per heavy atom. The molecule has 0 aromatic carbocycles. The third-order valence-electron chi connectivity index (χ3n) is 2.68. The number of nitrogens with zero attached hydrogens (tertiary/aromatic N) is 3. The molecule has 2 N–H and O–H groups in total. The number of anilines is 1. The second kappa shape index (κ2) is 5.42. The second-order valence-electron chi connectivity index (χ2n) is 3.90. The Kier molecular flexibility index (Phi) is 3.67. The van der Waals surface area contributed by atoms with Gasteiger partial charge in [0.05, 0.1) is 0 Å². The molecule has 1 atom stereocenters. The van der Waals surface area contributed by atoms with Gasteiger partial charge in [-0.2, -0.15) is 5.26 Å². The minimum atomic E-state index is 0.406. The van der Waals surface area contributed by atoms with E-state index in [2.05, 4.69) is 20.6 Å². The highest BCUT2D eigenvalue weighted by atomic mass is 15.1. The quantitative estimate of drug-likeness (QED) is 0.770. The molecule has 0 amide bonds. The minimum absolute atomic E-state index is 0.406. The van der Waals surface area contributed by atoms with Crippen LogP contribution in [0.15, 0.2) is 12.3 Å². The van der Waals surface area contributed by atoms with Crippen LogP contribution < -0.4 is 10.6 Å². The van der Waals surface area contributed by atoms with Gasteiger partial charge in [-0.25, -0.2) is 9.97 Å². The van der Waals surface area contributed by atoms with Crippen molar-refractivity contribution in [2.75, 3.05) is 18.4 Å². The molecule has 5 nitrogen and oxygen atoms in total. The Labute approximate surface area is 94.9 Å². The van der Waals surface area contributed by atoms with Crippen LogP contribution in [0, 0.1) is 11.3 Å². The Morgan fingerprint density at radius 2 is 2.38 bits per heavy atom. The minimum Gasteiger partial charge on any atom is -0.351 e. The van der Waals surface area contributed by atoms with E-state index in [1.54, 1.807) is 12.3 Å². The maximum Gasteiger partial charge on any atom is 0.224 e. The van der Waals surface area contributed by atoms with Crippen molar-refractivity contribution in [2.45, 2.75) is 25.3 Å². The van der Waals surface area contributed by atoms with Gasteiger partial charge in [-0.05, 0) is 38.4 Å². The lowest BCUT2D eigenvalue weighted by atomic mass is 10.1. The first kappa shape index (κ1) is 10.8. The van der Waals surface area contributed by atoms with Crippen LogP contribution >= 0.6 is 0 Å². The fourth-order valence-electron chi connectivity index (χ4n) is 1.84. The number of rotatable bonds is 2. The SMILES string of the molecule is N#Cc1ccnc(NC2CCCNCC2)n1. The molecule has 1 aromatic rings. The zero-order chi connectivity index (χ0) is 11.2. The van der Waals surface area contributed by atoms with Crippen LogP contribution in [0.1, 0.15) is 25.0 Å². The monoisotopic (exact) mass is 217 g/mol. The van der Waals surface area contributed by atoms with Crippen LogP contribution in [0.4, 0.5) is 5.95 Å². The van der Waals surface area contributed by atoms with E-state index in [9.17, 15) is 0 Å². The first-order valence-electron chi connectivity index (χ1n) is 5.59. The first-order chi connectivity index (χ1) is 7.88. The molecule has 0 bridgehead atoms. The zero-order valence-corrected chi connectivity index (χ0v) is 9.11. The van der Waals surface area contributed by atoms with Crippen molar-refractivity contribution >= 4 is 5.95 Å². The molecule has 2 rings (SSSR count). The summed E-state index contributed by atoms with van der Waals surface area (Å²) in [6, 6.07) is 4.03. The predicted molar refractivity (Wildman–Crippen MR) is 60.9 cm³/mol. The van der Waals surface area contributed by atoms with E-state index < -0.39 is 0 Å². The summed E-state index contributed by atoms with van der Waals surface area (Å²) in [6.45, 7) is 2.10. The molecule has 0 saturated carbocycles. The smallest absolute Gasteiger partial charge is 0.224 e. The molecular weight excluding hydrogens is 202 g/mol. The zero-order valence-electron chi connectivity index (χ0n) is 9.11. The van der Waals surface area contributed by atoms with Crippen LogP contribution in [0.2, 0.25) is 0 Å². The predicted octanol–water partition coefficient (Wildman–Crippen LogP) is 0.902. The molecule has 2 heterocycles. The summed E-state index contributed by atoms with van der Waals surface area (Å²) in [5.74, 6) is 0.561. The van der Waals surface area contributed by atoms with Crippen molar-refractivity contribution in [1.82, 2.24) is 15.3 Å². The van der Waals surface area contributed by atoms with Gasteiger partial charge in [0, 0.05) is 12.2 Å². The van der Waals surface area contributed by atoms with E-state index in [-0.39, 0.29) is 0 Å². The van der Waals surface area contributed by atoms with Gasteiger partial charge in [-0.1, -0.05) is 0 Å². The fourth-order valence-corrected chi connectivity index (χ4v) is 1.84. The van der Waals surface area contributed by atoms with Crippen molar-refractivity contribution < 1.29 is 0 Å². The van der Waals surface area contributed by atoms with Crippen LogP contribution in [-0.2, 0) is 0 Å². The van der Waals surface area contributed by atoms with Gasteiger partial charge in [0.25, 0.3) is 0 Å². The van der Waals surface area contributed by atoms with Crippen LogP contribution in [0.5, 0.6) is 0 Å². The van der Waals surface area contributed by atoms with E-state index in [1.807, 2.05) is 6.07 Å². The lowest BCUT2D eigenvalue weighted by Gasteiger charge is -2.15. The third-order valence-corrected chi connectivity index (χ3v) is 2.68. The van der Waals surface area contributed by atoms with Crippen LogP contribution in [-0.4, -0.2) is 29.1 Å². The Bertz CT molecular complexity index is 376. The van der Waals surface area contributed by atoms with Gasteiger partial charge in [0.15, 0.2) is 0 Å². The molecule has 84 valence electrons. The Hall–Kier alpha value is -1.67. The highest BCUT2D eigenvalue weighted by Crippen LogP contribution is 2.10. The Balaban J connectivity index is 1.99. The van der Waals surface area contributed by atoms with E-state index >= 15 is 0 Å². The highest BCUT2D eigenvalue weighted by Gasteiger charge is 2.12. The summed E-state index contributed by atoms with van der Waals surface area (Å²) < 4.78 is 0. The topological polar surface area (TPSA) is 73.6 Å². The van der Waals surface area contributed by atoms with E-state index in [4.69, 9.17) is 5.26 Å². The summed E-state index contributed by atoms with van der Waals surface area (Å²) in [7, 11) is 0. The molecular formula is C11H15N5. The molecule has 0 spiro atoms. The summed E-state index contributed by atoms with van der Waals surface area (Å²) in [5, 5.41) is 15.4. The van der Waals surface area contributed by atoms with Crippen molar-refractivity contribution in [2.24, 2.45) is 0 Å². The number of aromatic nitrogens is 2. The summed E-state index contributed by atoms with van der Waals surface area (Å²) in [5.41, 5.74) is 0.407.